The van der Waals surface area contributed by atoms with Gasteiger partial charge in [-0.15, -0.1) is 0 Å². The third-order valence-electron chi connectivity index (χ3n) is 3.66. The third-order valence-corrected chi connectivity index (χ3v) is 5.06. The van der Waals surface area contributed by atoms with Crippen LogP contribution in [0.4, 0.5) is 5.69 Å². The first-order valence-corrected chi connectivity index (χ1v) is 9.46. The molecular formula is C18H15N3O6S. The molecule has 0 spiro atoms. The van der Waals surface area contributed by atoms with Crippen LogP contribution >= 0.6 is 0 Å². The van der Waals surface area contributed by atoms with E-state index in [2.05, 4.69) is 15.0 Å². The standard InChI is InChI=1S/C18H15N3O6S/c22-17(12-6-7-19-16(9-12)18(23)24)21-13-3-1-5-15(10-13)28(25,26)20-11-14-4-2-8-27-14/h1-10,20H,11H2,(H,21,22)(H,23,24). The smallest absolute Gasteiger partial charge is 0.354 e. The lowest BCUT2D eigenvalue weighted by Crippen LogP contribution is -2.23. The highest BCUT2D eigenvalue weighted by Gasteiger charge is 2.16. The van der Waals surface area contributed by atoms with Crippen molar-refractivity contribution in [1.29, 1.82) is 0 Å². The Bertz CT molecular complexity index is 1110. The summed E-state index contributed by atoms with van der Waals surface area (Å²) in [4.78, 5) is 26.9. The van der Waals surface area contributed by atoms with Crippen LogP contribution in [0.15, 0.2) is 70.3 Å². The molecule has 0 fully saturated rings. The van der Waals surface area contributed by atoms with E-state index in [1.807, 2.05) is 0 Å². The molecule has 2 aromatic heterocycles. The number of hydrogen-bond donors (Lipinski definition) is 3. The second-order valence-corrected chi connectivity index (χ2v) is 7.39. The van der Waals surface area contributed by atoms with Crippen LogP contribution in [0.1, 0.15) is 26.6 Å². The summed E-state index contributed by atoms with van der Waals surface area (Å²) in [6, 6.07) is 11.4. The molecule has 28 heavy (non-hydrogen) atoms. The minimum absolute atomic E-state index is 0.0130. The van der Waals surface area contributed by atoms with Gasteiger partial charge in [-0.1, -0.05) is 6.07 Å². The van der Waals surface area contributed by atoms with Crippen molar-refractivity contribution in [1.82, 2.24) is 9.71 Å². The molecule has 3 aromatic rings. The topological polar surface area (TPSA) is 139 Å². The Morgan fingerprint density at radius 3 is 2.64 bits per heavy atom. The number of carboxylic acids is 1. The lowest BCUT2D eigenvalue weighted by molar-refractivity contribution is 0.0690. The van der Waals surface area contributed by atoms with E-state index in [0.717, 1.165) is 6.07 Å². The van der Waals surface area contributed by atoms with Gasteiger partial charge in [0.25, 0.3) is 5.91 Å². The first-order chi connectivity index (χ1) is 13.3. The quantitative estimate of drug-likeness (QED) is 0.551. The number of pyridine rings is 1. The normalized spacial score (nSPS) is 11.1. The van der Waals surface area contributed by atoms with Gasteiger partial charge in [0.05, 0.1) is 17.7 Å². The average Bonchev–Trinajstić information content (AvgIpc) is 3.20. The number of hydrogen-bond acceptors (Lipinski definition) is 6. The minimum Gasteiger partial charge on any atom is -0.477 e. The van der Waals surface area contributed by atoms with Crippen LogP contribution in [0, 0.1) is 0 Å². The van der Waals surface area contributed by atoms with Crippen LogP contribution in [0.5, 0.6) is 0 Å². The van der Waals surface area contributed by atoms with Gasteiger partial charge in [-0.05, 0) is 42.5 Å². The Morgan fingerprint density at radius 1 is 1.11 bits per heavy atom. The Kier molecular flexibility index (Phi) is 5.52. The summed E-state index contributed by atoms with van der Waals surface area (Å²) in [7, 11) is -3.83. The van der Waals surface area contributed by atoms with Gasteiger partial charge in [-0.2, -0.15) is 0 Å². The van der Waals surface area contributed by atoms with Gasteiger partial charge in [0.1, 0.15) is 11.5 Å². The molecule has 0 saturated carbocycles. The number of nitrogens with one attached hydrogen (secondary N) is 2. The number of sulfonamides is 1. The van der Waals surface area contributed by atoms with E-state index in [1.165, 1.54) is 42.8 Å². The van der Waals surface area contributed by atoms with Gasteiger partial charge in [-0.3, -0.25) is 4.79 Å². The van der Waals surface area contributed by atoms with E-state index in [0.29, 0.717) is 5.76 Å². The number of furan rings is 1. The summed E-state index contributed by atoms with van der Waals surface area (Å²) >= 11 is 0. The molecule has 0 aliphatic heterocycles. The Hall–Kier alpha value is -3.50. The second kappa shape index (κ2) is 8.03. The van der Waals surface area contributed by atoms with Crippen molar-refractivity contribution in [2.45, 2.75) is 11.4 Å². The molecule has 9 nitrogen and oxygen atoms in total. The molecule has 0 radical (unpaired) electrons. The van der Waals surface area contributed by atoms with Crippen molar-refractivity contribution < 1.29 is 27.5 Å². The molecule has 144 valence electrons. The van der Waals surface area contributed by atoms with Crippen LogP contribution in [-0.2, 0) is 16.6 Å². The molecule has 0 bridgehead atoms. The van der Waals surface area contributed by atoms with Crippen LogP contribution in [0.3, 0.4) is 0 Å². The Labute approximate surface area is 160 Å². The van der Waals surface area contributed by atoms with Crippen LogP contribution in [-0.4, -0.2) is 30.4 Å². The number of anilines is 1. The van der Waals surface area contributed by atoms with E-state index in [1.54, 1.807) is 12.1 Å². The monoisotopic (exact) mass is 401 g/mol. The van der Waals surface area contributed by atoms with Gasteiger partial charge < -0.3 is 14.8 Å². The number of rotatable bonds is 7. The van der Waals surface area contributed by atoms with Crippen molar-refractivity contribution in [3.8, 4) is 0 Å². The lowest BCUT2D eigenvalue weighted by atomic mass is 10.2. The van der Waals surface area contributed by atoms with Crippen LogP contribution in [0.25, 0.3) is 0 Å². The van der Waals surface area contributed by atoms with Gasteiger partial charge in [0.2, 0.25) is 10.0 Å². The summed E-state index contributed by atoms with van der Waals surface area (Å²) in [5.41, 5.74) is 0.0438. The van der Waals surface area contributed by atoms with Crippen molar-refractivity contribution in [3.63, 3.8) is 0 Å². The maximum Gasteiger partial charge on any atom is 0.354 e. The van der Waals surface area contributed by atoms with E-state index in [-0.39, 0.29) is 28.4 Å². The number of benzene rings is 1. The summed E-state index contributed by atoms with van der Waals surface area (Å²) in [5, 5.41) is 11.5. The number of aromatic nitrogens is 1. The molecule has 0 atom stereocenters. The highest BCUT2D eigenvalue weighted by molar-refractivity contribution is 7.89. The van der Waals surface area contributed by atoms with Crippen molar-refractivity contribution in [3.05, 3.63) is 78.0 Å². The Balaban J connectivity index is 1.74. The fraction of sp³-hybridized carbons (Fsp3) is 0.0556. The van der Waals surface area contributed by atoms with Gasteiger partial charge in [0, 0.05) is 17.4 Å². The number of carbonyl (C=O) groups excluding carboxylic acids is 1. The molecule has 3 N–H and O–H groups in total. The third kappa shape index (κ3) is 4.61. The van der Waals surface area contributed by atoms with E-state index >= 15 is 0 Å². The zero-order valence-corrected chi connectivity index (χ0v) is 15.1. The average molecular weight is 401 g/mol. The van der Waals surface area contributed by atoms with E-state index < -0.39 is 21.9 Å². The summed E-state index contributed by atoms with van der Waals surface area (Å²) in [6.07, 6.45) is 2.65. The minimum atomic E-state index is -3.83. The molecular weight excluding hydrogens is 386 g/mol. The first-order valence-electron chi connectivity index (χ1n) is 7.98. The molecule has 0 saturated heterocycles. The molecule has 3 rings (SSSR count). The maximum absolute atomic E-state index is 12.4. The van der Waals surface area contributed by atoms with E-state index in [9.17, 15) is 18.0 Å². The van der Waals surface area contributed by atoms with Crippen molar-refractivity contribution in [2.24, 2.45) is 0 Å². The van der Waals surface area contributed by atoms with Crippen molar-refractivity contribution >= 4 is 27.6 Å². The molecule has 0 aliphatic carbocycles. The molecule has 2 heterocycles. The predicted molar refractivity (Wildman–Crippen MR) is 98.3 cm³/mol. The van der Waals surface area contributed by atoms with Crippen LogP contribution < -0.4 is 10.0 Å². The molecule has 0 unspecified atom stereocenters. The number of aromatic carboxylic acids is 1. The SMILES string of the molecule is O=C(Nc1cccc(S(=O)(=O)NCc2ccco2)c1)c1ccnc(C(=O)O)c1. The lowest BCUT2D eigenvalue weighted by Gasteiger charge is -2.09. The highest BCUT2D eigenvalue weighted by atomic mass is 32.2. The fourth-order valence-electron chi connectivity index (χ4n) is 2.30. The molecule has 1 aromatic carbocycles. The van der Waals surface area contributed by atoms with E-state index in [4.69, 9.17) is 9.52 Å². The number of carboxylic acid groups (broad SMARTS) is 1. The predicted octanol–water partition coefficient (Wildman–Crippen LogP) is 2.10. The van der Waals surface area contributed by atoms with Gasteiger partial charge >= 0.3 is 5.97 Å². The van der Waals surface area contributed by atoms with Gasteiger partial charge in [-0.25, -0.2) is 22.9 Å². The molecule has 0 aliphatic rings. The summed E-state index contributed by atoms with van der Waals surface area (Å²) in [5.74, 6) is -1.40. The second-order valence-electron chi connectivity index (χ2n) is 5.62. The Morgan fingerprint density at radius 2 is 1.93 bits per heavy atom. The fourth-order valence-corrected chi connectivity index (χ4v) is 3.33. The highest BCUT2D eigenvalue weighted by Crippen LogP contribution is 2.17. The van der Waals surface area contributed by atoms with Gasteiger partial charge in [0.15, 0.2) is 0 Å². The van der Waals surface area contributed by atoms with Crippen molar-refractivity contribution in [2.75, 3.05) is 5.32 Å². The number of amides is 1. The first kappa shape index (κ1) is 19.3. The number of nitrogens with zero attached hydrogens (tertiary/aromatic N) is 1. The maximum atomic E-state index is 12.4. The van der Waals surface area contributed by atoms with Crippen LogP contribution in [0.2, 0.25) is 0 Å². The summed E-state index contributed by atoms with van der Waals surface area (Å²) in [6.45, 7) is -0.0130. The molecule has 1 amide bonds. The zero-order valence-electron chi connectivity index (χ0n) is 14.3. The number of carbonyl (C=O) groups is 2. The zero-order chi connectivity index (χ0) is 20.1. The largest absolute Gasteiger partial charge is 0.477 e. The molecule has 10 heteroatoms. The summed E-state index contributed by atoms with van der Waals surface area (Å²) < 4.78 is 32.3.